The van der Waals surface area contributed by atoms with E-state index in [-0.39, 0.29) is 19.1 Å². The van der Waals surface area contributed by atoms with Gasteiger partial charge in [-0.2, -0.15) is 0 Å². The Balaban J connectivity index is 3.90. The number of nitrogens with one attached hydrogen (secondary N) is 1. The van der Waals surface area contributed by atoms with Crippen molar-refractivity contribution in [1.29, 1.82) is 0 Å². The van der Waals surface area contributed by atoms with E-state index in [0.717, 1.165) is 38.5 Å². The molecule has 1 amide bonds. The van der Waals surface area contributed by atoms with Crippen molar-refractivity contribution in [3.05, 3.63) is 24.3 Å². The second-order valence-electron chi connectivity index (χ2n) is 21.4. The molecule has 0 bridgehead atoms. The van der Waals surface area contributed by atoms with E-state index in [4.69, 9.17) is 9.05 Å². The summed E-state index contributed by atoms with van der Waals surface area (Å²) in [6, 6.07) is -0.898. The number of carbonyl (C=O) groups is 1. The van der Waals surface area contributed by atoms with Crippen LogP contribution in [-0.4, -0.2) is 68.5 Å². The minimum atomic E-state index is -4.59. The number of hydrogen-bond donors (Lipinski definition) is 2. The number of rotatable bonds is 54. The van der Waals surface area contributed by atoms with Crippen LogP contribution >= 0.6 is 7.82 Å². The van der Waals surface area contributed by atoms with Gasteiger partial charge in [0.25, 0.3) is 7.82 Å². The van der Waals surface area contributed by atoms with E-state index >= 15 is 0 Å². The fourth-order valence-electron chi connectivity index (χ4n) is 8.82. The second kappa shape index (κ2) is 49.9. The van der Waals surface area contributed by atoms with E-state index in [0.29, 0.717) is 17.4 Å². The third-order valence-electron chi connectivity index (χ3n) is 13.4. The maximum absolute atomic E-state index is 12.9. The molecule has 67 heavy (non-hydrogen) atoms. The molecule has 0 radical (unpaired) electrons. The molecule has 0 aliphatic rings. The van der Waals surface area contributed by atoms with Crippen molar-refractivity contribution in [3.63, 3.8) is 0 Å². The quantitative estimate of drug-likeness (QED) is 0.0272. The number of phosphoric acid groups is 1. The molecule has 0 aromatic rings. The predicted octanol–water partition coefficient (Wildman–Crippen LogP) is 17.0. The molecule has 0 spiro atoms. The van der Waals surface area contributed by atoms with Gasteiger partial charge < -0.3 is 28.8 Å². The zero-order chi connectivity index (χ0) is 49.2. The number of likely N-dealkylation sites (N-methyl/N-ethyl adjacent to an activating group) is 1. The van der Waals surface area contributed by atoms with Gasteiger partial charge in [0.05, 0.1) is 39.9 Å². The first-order valence-electron chi connectivity index (χ1n) is 29.2. The predicted molar refractivity (Wildman–Crippen MR) is 289 cm³/mol. The van der Waals surface area contributed by atoms with Gasteiger partial charge in [0.2, 0.25) is 5.91 Å². The molecule has 0 rings (SSSR count). The van der Waals surface area contributed by atoms with Gasteiger partial charge in [-0.25, -0.2) is 0 Å². The lowest BCUT2D eigenvalue weighted by Crippen LogP contribution is -2.45. The molecule has 0 aromatic heterocycles. The molecular formula is C58H115N2O6P. The minimum absolute atomic E-state index is 0.00421. The Kier molecular flexibility index (Phi) is 49.2. The highest BCUT2D eigenvalue weighted by atomic mass is 31.2. The van der Waals surface area contributed by atoms with Crippen molar-refractivity contribution in [2.75, 3.05) is 40.9 Å². The summed E-state index contributed by atoms with van der Waals surface area (Å²) in [7, 11) is 1.25. The molecule has 0 heterocycles. The summed E-state index contributed by atoms with van der Waals surface area (Å²) in [4.78, 5) is 25.4. The minimum Gasteiger partial charge on any atom is -0.756 e. The first-order chi connectivity index (χ1) is 32.5. The number of aliphatic hydroxyl groups excluding tert-OH is 1. The van der Waals surface area contributed by atoms with Gasteiger partial charge in [-0.1, -0.05) is 276 Å². The molecule has 0 aliphatic heterocycles. The third kappa shape index (κ3) is 52.6. The zero-order valence-corrected chi connectivity index (χ0v) is 46.3. The standard InChI is InChI=1S/C58H115N2O6P/c1-6-8-10-12-14-16-18-19-20-21-22-23-24-25-26-27-28-29-30-31-32-33-34-35-36-37-38-39-40-42-44-46-48-50-52-58(62)59-56(55-66-67(63,64)65-54-53-60(3,4)5)57(61)51-49-47-45-43-41-17-15-13-11-9-7-2/h41,43,49,51,56-57,61H,6-40,42,44-48,50,52-55H2,1-5H3,(H-,59,62,63,64)/b43-41+,51-49+. The number of phosphoric ester groups is 1. The van der Waals surface area contributed by atoms with E-state index in [1.807, 2.05) is 27.2 Å². The first kappa shape index (κ1) is 66.0. The average molecular weight is 968 g/mol. The van der Waals surface area contributed by atoms with Gasteiger partial charge in [0.15, 0.2) is 0 Å². The molecule has 0 aromatic carbocycles. The van der Waals surface area contributed by atoms with Gasteiger partial charge in [0, 0.05) is 6.42 Å². The van der Waals surface area contributed by atoms with Crippen LogP contribution in [0.1, 0.15) is 290 Å². The molecule has 0 saturated heterocycles. The second-order valence-corrected chi connectivity index (χ2v) is 22.8. The highest BCUT2D eigenvalue weighted by Crippen LogP contribution is 2.38. The topological polar surface area (TPSA) is 108 Å². The zero-order valence-electron chi connectivity index (χ0n) is 45.4. The average Bonchev–Trinajstić information content (AvgIpc) is 3.29. The van der Waals surface area contributed by atoms with Crippen LogP contribution < -0.4 is 10.2 Å². The van der Waals surface area contributed by atoms with Gasteiger partial charge in [-0.05, 0) is 32.1 Å². The molecule has 0 saturated carbocycles. The number of aliphatic hydroxyl groups is 1. The van der Waals surface area contributed by atoms with Crippen molar-refractivity contribution in [1.82, 2.24) is 5.32 Å². The molecule has 8 nitrogen and oxygen atoms in total. The molecule has 9 heteroatoms. The van der Waals surface area contributed by atoms with Gasteiger partial charge in [0.1, 0.15) is 13.2 Å². The number of nitrogens with zero attached hydrogens (tertiary/aromatic N) is 1. The molecule has 3 unspecified atom stereocenters. The Morgan fingerprint density at radius 3 is 1.21 bits per heavy atom. The Morgan fingerprint density at radius 1 is 0.507 bits per heavy atom. The van der Waals surface area contributed by atoms with Crippen LogP contribution in [0.3, 0.4) is 0 Å². The number of allylic oxidation sites excluding steroid dienone is 3. The van der Waals surface area contributed by atoms with Gasteiger partial charge >= 0.3 is 0 Å². The highest BCUT2D eigenvalue weighted by molar-refractivity contribution is 7.45. The lowest BCUT2D eigenvalue weighted by Gasteiger charge is -2.29. The fraction of sp³-hybridized carbons (Fsp3) is 0.914. The monoisotopic (exact) mass is 967 g/mol. The van der Waals surface area contributed by atoms with E-state index in [9.17, 15) is 19.4 Å². The molecule has 0 fully saturated rings. The van der Waals surface area contributed by atoms with Crippen molar-refractivity contribution in [2.45, 2.75) is 302 Å². The number of quaternary nitrogens is 1. The fourth-order valence-corrected chi connectivity index (χ4v) is 9.54. The maximum atomic E-state index is 12.9. The van der Waals surface area contributed by atoms with E-state index in [1.54, 1.807) is 6.08 Å². The van der Waals surface area contributed by atoms with Crippen LogP contribution in [0.5, 0.6) is 0 Å². The lowest BCUT2D eigenvalue weighted by atomic mass is 10.0. The van der Waals surface area contributed by atoms with E-state index in [2.05, 4.69) is 31.3 Å². The van der Waals surface area contributed by atoms with Crippen LogP contribution in [0.4, 0.5) is 0 Å². The summed E-state index contributed by atoms with van der Waals surface area (Å²) >= 11 is 0. The van der Waals surface area contributed by atoms with Crippen molar-refractivity contribution >= 4 is 13.7 Å². The SMILES string of the molecule is CCCCCCC/C=C/CC/C=C/C(O)C(COP(=O)([O-])OCC[N+](C)(C)C)NC(=O)CCCCCCCCCCCCCCCCCCCCCCCCCCCCCCCCCCCC. The van der Waals surface area contributed by atoms with Crippen LogP contribution in [0.25, 0.3) is 0 Å². The summed E-state index contributed by atoms with van der Waals surface area (Å²) in [6.45, 7) is 4.63. The van der Waals surface area contributed by atoms with Crippen molar-refractivity contribution in [3.8, 4) is 0 Å². The largest absolute Gasteiger partial charge is 0.756 e. The number of hydrogen-bond acceptors (Lipinski definition) is 6. The summed E-state index contributed by atoms with van der Waals surface area (Å²) in [6.07, 6.45) is 63.0. The Labute approximate surface area is 417 Å². The maximum Gasteiger partial charge on any atom is 0.268 e. The van der Waals surface area contributed by atoms with Gasteiger partial charge in [-0.15, -0.1) is 0 Å². The van der Waals surface area contributed by atoms with Gasteiger partial charge in [-0.3, -0.25) is 9.36 Å². The van der Waals surface area contributed by atoms with Crippen molar-refractivity contribution in [2.24, 2.45) is 0 Å². The van der Waals surface area contributed by atoms with Crippen LogP contribution in [0.15, 0.2) is 24.3 Å². The third-order valence-corrected chi connectivity index (χ3v) is 14.4. The van der Waals surface area contributed by atoms with Crippen molar-refractivity contribution < 1.29 is 32.9 Å². The molecule has 2 N–H and O–H groups in total. The number of carbonyl (C=O) groups excluding carboxylic acids is 1. The summed E-state index contributed by atoms with van der Waals surface area (Å²) < 4.78 is 23.2. The lowest BCUT2D eigenvalue weighted by molar-refractivity contribution is -0.870. The molecule has 0 aliphatic carbocycles. The van der Waals surface area contributed by atoms with E-state index in [1.165, 1.54) is 231 Å². The Bertz CT molecular complexity index is 1140. The summed E-state index contributed by atoms with van der Waals surface area (Å²) in [5.41, 5.74) is 0. The summed E-state index contributed by atoms with van der Waals surface area (Å²) in [5, 5.41) is 13.8. The summed E-state index contributed by atoms with van der Waals surface area (Å²) in [5.74, 6) is -0.203. The normalized spacial score (nSPS) is 14.1. The highest BCUT2D eigenvalue weighted by Gasteiger charge is 2.23. The van der Waals surface area contributed by atoms with Crippen LogP contribution in [0, 0.1) is 0 Å². The molecule has 398 valence electrons. The number of amides is 1. The van der Waals surface area contributed by atoms with Crippen LogP contribution in [0.2, 0.25) is 0 Å². The Morgan fingerprint density at radius 2 is 0.836 bits per heavy atom. The number of unbranched alkanes of at least 4 members (excludes halogenated alkanes) is 39. The molecule has 3 atom stereocenters. The van der Waals surface area contributed by atoms with Crippen LogP contribution in [-0.2, 0) is 18.4 Å². The van der Waals surface area contributed by atoms with E-state index < -0.39 is 20.0 Å². The molecular weight excluding hydrogens is 852 g/mol. The smallest absolute Gasteiger partial charge is 0.268 e. The first-order valence-corrected chi connectivity index (χ1v) is 30.7. The Hall–Kier alpha value is -1.02.